The van der Waals surface area contributed by atoms with Crippen molar-refractivity contribution in [1.82, 2.24) is 30.0 Å². The second-order valence-corrected chi connectivity index (χ2v) is 5.19. The first-order chi connectivity index (χ1) is 11.1. The van der Waals surface area contributed by atoms with Gasteiger partial charge in [0.1, 0.15) is 0 Å². The van der Waals surface area contributed by atoms with Crippen molar-refractivity contribution in [3.05, 3.63) is 48.1 Å². The molecule has 0 spiro atoms. The zero-order chi connectivity index (χ0) is 16.2. The molecule has 0 N–H and O–H groups in total. The molecule has 0 saturated heterocycles. The van der Waals surface area contributed by atoms with Crippen molar-refractivity contribution < 1.29 is 9.32 Å². The lowest BCUT2D eigenvalue weighted by atomic mass is 10.2. The Bertz CT molecular complexity index is 793. The molecule has 0 bridgehead atoms. The van der Waals surface area contributed by atoms with Crippen LogP contribution in [0.25, 0.3) is 11.4 Å². The van der Waals surface area contributed by atoms with Crippen LogP contribution in [0.3, 0.4) is 0 Å². The van der Waals surface area contributed by atoms with Gasteiger partial charge in [-0.1, -0.05) is 40.7 Å². The van der Waals surface area contributed by atoms with Crippen LogP contribution >= 0.6 is 0 Å². The van der Waals surface area contributed by atoms with Gasteiger partial charge in [-0.05, 0) is 0 Å². The van der Waals surface area contributed by atoms with E-state index >= 15 is 0 Å². The van der Waals surface area contributed by atoms with Gasteiger partial charge in [0.25, 0.3) is 5.91 Å². The summed E-state index contributed by atoms with van der Waals surface area (Å²) in [6.45, 7) is 0.504. The summed E-state index contributed by atoms with van der Waals surface area (Å²) >= 11 is 0. The van der Waals surface area contributed by atoms with E-state index in [0.717, 1.165) is 5.56 Å². The topological polar surface area (TPSA) is 89.9 Å². The molecule has 118 valence electrons. The maximum Gasteiger partial charge on any atom is 0.275 e. The van der Waals surface area contributed by atoms with Crippen LogP contribution in [0.1, 0.15) is 16.4 Å². The Morgan fingerprint density at radius 1 is 1.26 bits per heavy atom. The predicted molar refractivity (Wildman–Crippen MR) is 81.5 cm³/mol. The van der Waals surface area contributed by atoms with E-state index < -0.39 is 0 Å². The third kappa shape index (κ3) is 3.42. The number of carbonyl (C=O) groups is 1. The Kier molecular flexibility index (Phi) is 4.13. The second kappa shape index (κ2) is 6.39. The molecule has 3 rings (SSSR count). The van der Waals surface area contributed by atoms with Gasteiger partial charge in [0, 0.05) is 26.1 Å². The molecule has 1 amide bonds. The maximum atomic E-state index is 11.8. The minimum atomic E-state index is -0.180. The molecule has 0 aliphatic carbocycles. The van der Waals surface area contributed by atoms with E-state index in [9.17, 15) is 4.79 Å². The number of hydrogen-bond donors (Lipinski definition) is 0. The quantitative estimate of drug-likeness (QED) is 0.705. The fourth-order valence-electron chi connectivity index (χ4n) is 2.01. The normalized spacial score (nSPS) is 10.7. The number of aromatic nitrogens is 5. The standard InChI is InChI=1S/C15H16N6O2/c1-20(2)15(22)12-10-21(19-17-12)9-8-13-16-14(18-23-13)11-6-4-3-5-7-11/h3-7,10H,8-9H2,1-2H3. The molecule has 0 atom stereocenters. The highest BCUT2D eigenvalue weighted by atomic mass is 16.5. The van der Waals surface area contributed by atoms with E-state index in [1.165, 1.54) is 4.90 Å². The van der Waals surface area contributed by atoms with Crippen LogP contribution < -0.4 is 0 Å². The number of benzene rings is 1. The molecular formula is C15H16N6O2. The third-order valence-electron chi connectivity index (χ3n) is 3.22. The molecule has 3 aromatic rings. The van der Waals surface area contributed by atoms with Crippen LogP contribution in [0.5, 0.6) is 0 Å². The highest BCUT2D eigenvalue weighted by Gasteiger charge is 2.13. The lowest BCUT2D eigenvalue weighted by Crippen LogP contribution is -2.22. The number of amides is 1. The number of hydrogen-bond acceptors (Lipinski definition) is 6. The average Bonchev–Trinajstić information content (AvgIpc) is 3.22. The maximum absolute atomic E-state index is 11.8. The Hall–Kier alpha value is -3.03. The van der Waals surface area contributed by atoms with Gasteiger partial charge in [-0.2, -0.15) is 4.98 Å². The van der Waals surface area contributed by atoms with E-state index in [4.69, 9.17) is 4.52 Å². The minimum Gasteiger partial charge on any atom is -0.343 e. The fraction of sp³-hybridized carbons (Fsp3) is 0.267. The SMILES string of the molecule is CN(C)C(=O)c1cn(CCc2nc(-c3ccccc3)no2)nn1. The van der Waals surface area contributed by atoms with Crippen LogP contribution in [0, 0.1) is 0 Å². The van der Waals surface area contributed by atoms with Gasteiger partial charge < -0.3 is 9.42 Å². The molecule has 1 aromatic carbocycles. The summed E-state index contributed by atoms with van der Waals surface area (Å²) < 4.78 is 6.82. The van der Waals surface area contributed by atoms with E-state index in [0.29, 0.717) is 30.4 Å². The highest BCUT2D eigenvalue weighted by molar-refractivity contribution is 5.91. The van der Waals surface area contributed by atoms with Crippen molar-refractivity contribution >= 4 is 5.91 Å². The summed E-state index contributed by atoms with van der Waals surface area (Å²) in [6.07, 6.45) is 2.12. The molecule has 23 heavy (non-hydrogen) atoms. The lowest BCUT2D eigenvalue weighted by molar-refractivity contribution is 0.0822. The van der Waals surface area contributed by atoms with Crippen molar-refractivity contribution in [2.75, 3.05) is 14.1 Å². The van der Waals surface area contributed by atoms with Crippen LogP contribution in [-0.4, -0.2) is 50.0 Å². The van der Waals surface area contributed by atoms with Gasteiger partial charge in [0.15, 0.2) is 5.69 Å². The predicted octanol–water partition coefficient (Wildman–Crippen LogP) is 1.27. The molecule has 8 nitrogen and oxygen atoms in total. The third-order valence-corrected chi connectivity index (χ3v) is 3.22. The molecule has 0 unspecified atom stereocenters. The number of aryl methyl sites for hydroxylation is 2. The fourth-order valence-corrected chi connectivity index (χ4v) is 2.01. The Labute approximate surface area is 132 Å². The van der Waals surface area contributed by atoms with E-state index in [-0.39, 0.29) is 5.91 Å². The van der Waals surface area contributed by atoms with Gasteiger partial charge in [-0.15, -0.1) is 5.10 Å². The van der Waals surface area contributed by atoms with Crippen LogP contribution in [0.4, 0.5) is 0 Å². The number of nitrogens with zero attached hydrogens (tertiary/aromatic N) is 6. The van der Waals surface area contributed by atoms with Crippen molar-refractivity contribution in [1.29, 1.82) is 0 Å². The van der Waals surface area contributed by atoms with E-state index in [1.807, 2.05) is 30.3 Å². The van der Waals surface area contributed by atoms with E-state index in [1.54, 1.807) is 25.0 Å². The first-order valence-corrected chi connectivity index (χ1v) is 7.13. The first kappa shape index (κ1) is 14.9. The van der Waals surface area contributed by atoms with Crippen molar-refractivity contribution in [2.45, 2.75) is 13.0 Å². The Morgan fingerprint density at radius 2 is 2.04 bits per heavy atom. The minimum absolute atomic E-state index is 0.180. The van der Waals surface area contributed by atoms with Gasteiger partial charge in [0.2, 0.25) is 11.7 Å². The molecule has 0 aliphatic rings. The van der Waals surface area contributed by atoms with Gasteiger partial charge in [-0.3, -0.25) is 9.48 Å². The van der Waals surface area contributed by atoms with Crippen molar-refractivity contribution in [2.24, 2.45) is 0 Å². The summed E-state index contributed by atoms with van der Waals surface area (Å²) in [4.78, 5) is 17.6. The molecule has 0 saturated carbocycles. The Balaban J connectivity index is 1.63. The zero-order valence-electron chi connectivity index (χ0n) is 12.9. The average molecular weight is 312 g/mol. The largest absolute Gasteiger partial charge is 0.343 e. The van der Waals surface area contributed by atoms with Crippen molar-refractivity contribution in [3.63, 3.8) is 0 Å². The molecule has 2 aromatic heterocycles. The number of carbonyl (C=O) groups excluding carboxylic acids is 1. The first-order valence-electron chi connectivity index (χ1n) is 7.13. The molecule has 0 aliphatic heterocycles. The Morgan fingerprint density at radius 3 is 2.78 bits per heavy atom. The summed E-state index contributed by atoms with van der Waals surface area (Å²) in [5.41, 5.74) is 1.22. The molecule has 8 heteroatoms. The van der Waals surface area contributed by atoms with Crippen LogP contribution in [0.2, 0.25) is 0 Å². The van der Waals surface area contributed by atoms with Crippen LogP contribution in [0.15, 0.2) is 41.1 Å². The van der Waals surface area contributed by atoms with Crippen LogP contribution in [-0.2, 0) is 13.0 Å². The molecular weight excluding hydrogens is 296 g/mol. The second-order valence-electron chi connectivity index (χ2n) is 5.19. The van der Waals surface area contributed by atoms with E-state index in [2.05, 4.69) is 20.5 Å². The smallest absolute Gasteiger partial charge is 0.275 e. The summed E-state index contributed by atoms with van der Waals surface area (Å²) in [7, 11) is 3.34. The zero-order valence-corrected chi connectivity index (χ0v) is 12.9. The van der Waals surface area contributed by atoms with Gasteiger partial charge >= 0.3 is 0 Å². The molecule has 0 fully saturated rings. The summed E-state index contributed by atoms with van der Waals surface area (Å²) in [5.74, 6) is 0.892. The van der Waals surface area contributed by atoms with Crippen molar-refractivity contribution in [3.8, 4) is 11.4 Å². The summed E-state index contributed by atoms with van der Waals surface area (Å²) in [5, 5.41) is 11.7. The monoisotopic (exact) mass is 312 g/mol. The van der Waals surface area contributed by atoms with Gasteiger partial charge in [-0.25, -0.2) is 0 Å². The molecule has 2 heterocycles. The number of rotatable bonds is 5. The lowest BCUT2D eigenvalue weighted by Gasteiger charge is -2.05. The van der Waals surface area contributed by atoms with Gasteiger partial charge in [0.05, 0.1) is 12.7 Å². The molecule has 0 radical (unpaired) electrons. The highest BCUT2D eigenvalue weighted by Crippen LogP contribution is 2.15. The summed E-state index contributed by atoms with van der Waals surface area (Å²) in [6, 6.07) is 9.62.